The van der Waals surface area contributed by atoms with Gasteiger partial charge in [0, 0.05) is 25.1 Å². The normalized spacial score (nSPS) is 15.8. The first-order valence-electron chi connectivity index (χ1n) is 5.72. The molecular weight excluding hydrogens is 202 g/mol. The number of aromatic amines is 1. The third-order valence-corrected chi connectivity index (χ3v) is 2.89. The number of phenols is 1. The number of hydrogen-bond donors (Lipinski definition) is 3. The predicted molar refractivity (Wildman–Crippen MR) is 62.5 cm³/mol. The molecule has 1 aromatic heterocycles. The highest BCUT2D eigenvalue weighted by Gasteiger charge is 2.19. The number of aromatic nitrogens is 2. The first-order chi connectivity index (χ1) is 7.81. The van der Waals surface area contributed by atoms with Gasteiger partial charge in [0.1, 0.15) is 11.6 Å². The molecule has 0 spiro atoms. The maximum absolute atomic E-state index is 9.34. The van der Waals surface area contributed by atoms with E-state index in [0.717, 1.165) is 35.9 Å². The molecule has 0 atom stereocenters. The molecule has 1 aliphatic rings. The lowest BCUT2D eigenvalue weighted by Gasteiger charge is -1.98. The summed E-state index contributed by atoms with van der Waals surface area (Å²) in [5, 5.41) is 12.8. The van der Waals surface area contributed by atoms with Gasteiger partial charge in [0.05, 0.1) is 11.0 Å². The van der Waals surface area contributed by atoms with Gasteiger partial charge in [0.15, 0.2) is 0 Å². The number of phenolic OH excluding ortho intramolecular Hbond substituents is 1. The summed E-state index contributed by atoms with van der Waals surface area (Å²) in [6.45, 7) is 0.969. The fourth-order valence-electron chi connectivity index (χ4n) is 1.85. The van der Waals surface area contributed by atoms with Crippen molar-refractivity contribution in [2.24, 2.45) is 0 Å². The molecule has 16 heavy (non-hydrogen) atoms. The van der Waals surface area contributed by atoms with Gasteiger partial charge in [-0.15, -0.1) is 0 Å². The molecule has 0 unspecified atom stereocenters. The molecule has 2 aromatic rings. The molecule has 0 saturated heterocycles. The zero-order valence-corrected chi connectivity index (χ0v) is 9.03. The van der Waals surface area contributed by atoms with Crippen LogP contribution in [0, 0.1) is 0 Å². The number of benzene rings is 1. The van der Waals surface area contributed by atoms with Crippen LogP contribution in [0.5, 0.6) is 5.75 Å². The summed E-state index contributed by atoms with van der Waals surface area (Å²) in [5.41, 5.74) is 1.82. The van der Waals surface area contributed by atoms with Crippen LogP contribution in [0.2, 0.25) is 0 Å². The minimum Gasteiger partial charge on any atom is -0.508 e. The standard InChI is InChI=1S/C12H15N3O/c16-9-3-4-10-11(7-9)15-12(14-10)5-6-13-8-1-2-8/h3-4,7-8,13,16H,1-2,5-6H2,(H,14,15). The van der Waals surface area contributed by atoms with Crippen molar-refractivity contribution >= 4 is 11.0 Å². The number of hydrogen-bond acceptors (Lipinski definition) is 3. The van der Waals surface area contributed by atoms with Crippen LogP contribution in [0.25, 0.3) is 11.0 Å². The lowest BCUT2D eigenvalue weighted by Crippen LogP contribution is -2.19. The topological polar surface area (TPSA) is 60.9 Å². The van der Waals surface area contributed by atoms with E-state index >= 15 is 0 Å². The van der Waals surface area contributed by atoms with Gasteiger partial charge in [-0.3, -0.25) is 0 Å². The van der Waals surface area contributed by atoms with Crippen molar-refractivity contribution < 1.29 is 5.11 Å². The summed E-state index contributed by atoms with van der Waals surface area (Å²) in [6.07, 6.45) is 3.54. The summed E-state index contributed by atoms with van der Waals surface area (Å²) < 4.78 is 0. The van der Waals surface area contributed by atoms with Crippen LogP contribution < -0.4 is 5.32 Å². The van der Waals surface area contributed by atoms with Crippen molar-refractivity contribution in [3.63, 3.8) is 0 Å². The number of nitrogens with one attached hydrogen (secondary N) is 2. The van der Waals surface area contributed by atoms with E-state index in [4.69, 9.17) is 0 Å². The minimum absolute atomic E-state index is 0.277. The number of fused-ring (bicyclic) bond motifs is 1. The number of nitrogens with zero attached hydrogens (tertiary/aromatic N) is 1. The zero-order chi connectivity index (χ0) is 11.0. The van der Waals surface area contributed by atoms with Crippen molar-refractivity contribution in [1.29, 1.82) is 0 Å². The zero-order valence-electron chi connectivity index (χ0n) is 9.03. The van der Waals surface area contributed by atoms with E-state index in [0.29, 0.717) is 0 Å². The second-order valence-electron chi connectivity index (χ2n) is 4.36. The molecule has 4 nitrogen and oxygen atoms in total. The first kappa shape index (κ1) is 9.66. The molecule has 3 rings (SSSR count). The Labute approximate surface area is 93.7 Å². The molecule has 1 saturated carbocycles. The lowest BCUT2D eigenvalue weighted by molar-refractivity contribution is 0.476. The molecule has 1 fully saturated rings. The van der Waals surface area contributed by atoms with Crippen LogP contribution in [-0.2, 0) is 6.42 Å². The highest BCUT2D eigenvalue weighted by Crippen LogP contribution is 2.19. The van der Waals surface area contributed by atoms with Crippen LogP contribution in [0.4, 0.5) is 0 Å². The molecule has 0 aliphatic heterocycles. The molecule has 0 bridgehead atoms. The molecule has 0 radical (unpaired) electrons. The first-order valence-corrected chi connectivity index (χ1v) is 5.72. The van der Waals surface area contributed by atoms with Crippen molar-refractivity contribution in [2.75, 3.05) is 6.54 Å². The summed E-state index contributed by atoms with van der Waals surface area (Å²) >= 11 is 0. The van der Waals surface area contributed by atoms with Crippen LogP contribution in [0.1, 0.15) is 18.7 Å². The maximum Gasteiger partial charge on any atom is 0.117 e. The number of imidazole rings is 1. The van der Waals surface area contributed by atoms with Gasteiger partial charge >= 0.3 is 0 Å². The van der Waals surface area contributed by atoms with Crippen LogP contribution >= 0.6 is 0 Å². The van der Waals surface area contributed by atoms with Crippen LogP contribution in [0.3, 0.4) is 0 Å². The number of aromatic hydroxyl groups is 1. The highest BCUT2D eigenvalue weighted by molar-refractivity contribution is 5.76. The third kappa shape index (κ3) is 2.02. The summed E-state index contributed by atoms with van der Waals surface area (Å²) in [4.78, 5) is 7.68. The van der Waals surface area contributed by atoms with E-state index in [1.54, 1.807) is 12.1 Å². The van der Waals surface area contributed by atoms with Gasteiger partial charge in [-0.05, 0) is 25.0 Å². The van der Waals surface area contributed by atoms with E-state index in [1.807, 2.05) is 6.07 Å². The van der Waals surface area contributed by atoms with Crippen LogP contribution in [0.15, 0.2) is 18.2 Å². The van der Waals surface area contributed by atoms with Crippen molar-refractivity contribution in [2.45, 2.75) is 25.3 Å². The number of H-pyrrole nitrogens is 1. The maximum atomic E-state index is 9.34. The fraction of sp³-hybridized carbons (Fsp3) is 0.417. The average Bonchev–Trinajstić information content (AvgIpc) is 2.98. The summed E-state index contributed by atoms with van der Waals surface area (Å²) in [6, 6.07) is 5.95. The Morgan fingerprint density at radius 1 is 1.44 bits per heavy atom. The van der Waals surface area contributed by atoms with E-state index < -0.39 is 0 Å². The molecule has 1 aliphatic carbocycles. The molecule has 1 heterocycles. The second kappa shape index (κ2) is 3.79. The van der Waals surface area contributed by atoms with Crippen LogP contribution in [-0.4, -0.2) is 27.7 Å². The average molecular weight is 217 g/mol. The fourth-order valence-corrected chi connectivity index (χ4v) is 1.85. The smallest absolute Gasteiger partial charge is 0.117 e. The summed E-state index contributed by atoms with van der Waals surface area (Å²) in [7, 11) is 0. The Balaban J connectivity index is 1.71. The van der Waals surface area contributed by atoms with Crippen molar-refractivity contribution in [1.82, 2.24) is 15.3 Å². The van der Waals surface area contributed by atoms with Gasteiger partial charge in [-0.1, -0.05) is 0 Å². The monoisotopic (exact) mass is 217 g/mol. The van der Waals surface area contributed by atoms with Gasteiger partial charge in [0.25, 0.3) is 0 Å². The van der Waals surface area contributed by atoms with Crippen molar-refractivity contribution in [3.05, 3.63) is 24.0 Å². The number of rotatable bonds is 4. The van der Waals surface area contributed by atoms with Crippen molar-refractivity contribution in [3.8, 4) is 5.75 Å². The van der Waals surface area contributed by atoms with E-state index in [2.05, 4.69) is 15.3 Å². The Morgan fingerprint density at radius 2 is 2.31 bits per heavy atom. The Morgan fingerprint density at radius 3 is 3.12 bits per heavy atom. The Kier molecular flexibility index (Phi) is 2.29. The van der Waals surface area contributed by atoms with Gasteiger partial charge < -0.3 is 15.4 Å². The molecule has 3 N–H and O–H groups in total. The Bertz CT molecular complexity index is 502. The van der Waals surface area contributed by atoms with Gasteiger partial charge in [0.2, 0.25) is 0 Å². The second-order valence-corrected chi connectivity index (χ2v) is 4.36. The van der Waals surface area contributed by atoms with E-state index in [9.17, 15) is 5.11 Å². The van der Waals surface area contributed by atoms with E-state index in [1.165, 1.54) is 12.8 Å². The van der Waals surface area contributed by atoms with Gasteiger partial charge in [-0.2, -0.15) is 0 Å². The SMILES string of the molecule is Oc1ccc2nc(CCNC3CC3)[nH]c2c1. The minimum atomic E-state index is 0.277. The highest BCUT2D eigenvalue weighted by atomic mass is 16.3. The van der Waals surface area contributed by atoms with Gasteiger partial charge in [-0.25, -0.2) is 4.98 Å². The molecule has 0 amide bonds. The molecule has 84 valence electrons. The largest absolute Gasteiger partial charge is 0.508 e. The quantitative estimate of drug-likeness (QED) is 0.728. The summed E-state index contributed by atoms with van der Waals surface area (Å²) in [5.74, 6) is 1.26. The molecular formula is C12H15N3O. The molecule has 1 aromatic carbocycles. The Hall–Kier alpha value is -1.55. The third-order valence-electron chi connectivity index (χ3n) is 2.89. The lowest BCUT2D eigenvalue weighted by atomic mass is 10.3. The molecule has 4 heteroatoms. The van der Waals surface area contributed by atoms with E-state index in [-0.39, 0.29) is 5.75 Å². The predicted octanol–water partition coefficient (Wildman–Crippen LogP) is 1.56.